The number of fused-ring (bicyclic) bond motifs is 2. The Morgan fingerprint density at radius 1 is 0.971 bits per heavy atom. The van der Waals surface area contributed by atoms with Gasteiger partial charge in [0.2, 0.25) is 5.36 Å². The smallest absolute Gasteiger partial charge is 0.208 e. The highest BCUT2D eigenvalue weighted by Crippen LogP contribution is 2.43. The fraction of sp³-hybridized carbons (Fsp3) is 0.310. The van der Waals surface area contributed by atoms with Crippen molar-refractivity contribution in [1.82, 2.24) is 4.58 Å². The number of benzene rings is 3. The van der Waals surface area contributed by atoms with E-state index in [9.17, 15) is 9.90 Å². The summed E-state index contributed by atoms with van der Waals surface area (Å²) in [5.41, 5.74) is 11.4. The van der Waals surface area contributed by atoms with Gasteiger partial charge >= 0.3 is 0 Å². The average Bonchev–Trinajstić information content (AvgIpc) is 2.88. The fourth-order valence-corrected chi connectivity index (χ4v) is 5.00. The van der Waals surface area contributed by atoms with E-state index in [1.807, 2.05) is 30.3 Å². The number of carbonyl (C=O) groups excluding carboxylic acids is 1. The van der Waals surface area contributed by atoms with Crippen LogP contribution in [0.15, 0.2) is 59.0 Å². The van der Waals surface area contributed by atoms with E-state index < -0.39 is 5.97 Å². The third-order valence-corrected chi connectivity index (χ3v) is 6.80. The van der Waals surface area contributed by atoms with Crippen LogP contribution >= 0.6 is 0 Å². The molecule has 0 spiro atoms. The maximum atomic E-state index is 12.1. The molecular formula is C29H33N3O3. The predicted octanol–water partition coefficient (Wildman–Crippen LogP) is 3.69. The van der Waals surface area contributed by atoms with Crippen molar-refractivity contribution in [1.29, 1.82) is 0 Å². The highest BCUT2D eigenvalue weighted by atomic mass is 16.4. The van der Waals surface area contributed by atoms with E-state index >= 15 is 0 Å². The molecule has 1 heterocycles. The summed E-state index contributed by atoms with van der Waals surface area (Å²) < 4.78 is 8.85. The number of aromatic carboxylic acids is 1. The molecule has 0 amide bonds. The SMILES string of the molecule is CCN(CC)c1ccc2c(-c3ccccc3C(=O)[O-])c3ccc(=[N+](CC)CC)c(CN)c-3oc2c1. The van der Waals surface area contributed by atoms with Crippen LogP contribution in [-0.4, -0.2) is 32.1 Å². The van der Waals surface area contributed by atoms with Crippen molar-refractivity contribution in [3.05, 3.63) is 71.1 Å². The first-order valence-corrected chi connectivity index (χ1v) is 12.3. The Hall–Kier alpha value is -3.64. The van der Waals surface area contributed by atoms with Crippen molar-refractivity contribution in [2.75, 3.05) is 31.1 Å². The van der Waals surface area contributed by atoms with Crippen LogP contribution in [0.25, 0.3) is 33.4 Å². The van der Waals surface area contributed by atoms with Crippen molar-refractivity contribution < 1.29 is 14.3 Å². The van der Waals surface area contributed by atoms with E-state index in [1.54, 1.807) is 12.1 Å². The van der Waals surface area contributed by atoms with Gasteiger partial charge in [-0.1, -0.05) is 24.3 Å². The van der Waals surface area contributed by atoms with E-state index in [1.165, 1.54) is 0 Å². The number of hydrogen-bond acceptors (Lipinski definition) is 5. The first-order chi connectivity index (χ1) is 17.0. The second-order valence-corrected chi connectivity index (χ2v) is 8.48. The van der Waals surface area contributed by atoms with E-state index in [4.69, 9.17) is 10.2 Å². The fourth-order valence-electron chi connectivity index (χ4n) is 5.00. The molecule has 1 aliphatic heterocycles. The molecule has 35 heavy (non-hydrogen) atoms. The maximum absolute atomic E-state index is 12.1. The van der Waals surface area contributed by atoms with Crippen LogP contribution in [0.2, 0.25) is 0 Å². The van der Waals surface area contributed by atoms with Crippen LogP contribution in [0.4, 0.5) is 5.69 Å². The third kappa shape index (κ3) is 4.30. The van der Waals surface area contributed by atoms with Crippen molar-refractivity contribution in [2.45, 2.75) is 34.2 Å². The number of hydrogen-bond donors (Lipinski definition) is 1. The molecule has 1 aliphatic carbocycles. The average molecular weight is 472 g/mol. The van der Waals surface area contributed by atoms with Gasteiger partial charge in [0.15, 0.2) is 0 Å². The minimum atomic E-state index is -1.21. The number of nitrogens with two attached hydrogens (primary N) is 1. The molecule has 6 nitrogen and oxygen atoms in total. The Morgan fingerprint density at radius 2 is 1.69 bits per heavy atom. The Morgan fingerprint density at radius 3 is 2.31 bits per heavy atom. The highest BCUT2D eigenvalue weighted by Gasteiger charge is 2.24. The summed E-state index contributed by atoms with van der Waals surface area (Å²) in [4.78, 5) is 14.3. The van der Waals surface area contributed by atoms with E-state index in [0.717, 1.165) is 59.3 Å². The molecular weight excluding hydrogens is 438 g/mol. The van der Waals surface area contributed by atoms with E-state index in [2.05, 4.69) is 49.3 Å². The van der Waals surface area contributed by atoms with Gasteiger partial charge in [-0.15, -0.1) is 0 Å². The zero-order chi connectivity index (χ0) is 25.1. The van der Waals surface area contributed by atoms with Crippen molar-refractivity contribution >= 4 is 22.6 Å². The van der Waals surface area contributed by atoms with Crippen molar-refractivity contribution in [2.24, 2.45) is 5.73 Å². The lowest BCUT2D eigenvalue weighted by Gasteiger charge is -2.23. The molecule has 4 rings (SSSR count). The normalized spacial score (nSPS) is 11.2. The molecule has 0 fully saturated rings. The van der Waals surface area contributed by atoms with Gasteiger partial charge in [-0.3, -0.25) is 0 Å². The summed E-state index contributed by atoms with van der Waals surface area (Å²) in [5.74, 6) is -0.523. The third-order valence-electron chi connectivity index (χ3n) is 6.80. The Kier molecular flexibility index (Phi) is 7.22. The van der Waals surface area contributed by atoms with Crippen molar-refractivity contribution in [3.8, 4) is 22.5 Å². The van der Waals surface area contributed by atoms with Crippen LogP contribution in [0, 0.1) is 0 Å². The number of anilines is 1. The number of carboxylic acids is 1. The first kappa shape index (κ1) is 24.5. The topological polar surface area (TPSA) is 85.5 Å². The Bertz CT molecular complexity index is 1410. The molecule has 182 valence electrons. The summed E-state index contributed by atoms with van der Waals surface area (Å²) in [5, 5.41) is 13.9. The van der Waals surface area contributed by atoms with Gasteiger partial charge in [0.05, 0.1) is 11.5 Å². The number of rotatable bonds is 8. The molecule has 0 atom stereocenters. The lowest BCUT2D eigenvalue weighted by molar-refractivity contribution is -0.254. The zero-order valence-corrected chi connectivity index (χ0v) is 20.9. The van der Waals surface area contributed by atoms with Gasteiger partial charge in [-0.25, -0.2) is 4.58 Å². The van der Waals surface area contributed by atoms with Crippen LogP contribution < -0.4 is 25.7 Å². The lowest BCUT2D eigenvalue weighted by atomic mass is 9.89. The minimum absolute atomic E-state index is 0.149. The Balaban J connectivity index is 2.21. The number of carboxylic acid groups (broad SMARTS) is 1. The molecule has 0 aromatic heterocycles. The molecule has 2 aromatic carbocycles. The lowest BCUT2D eigenvalue weighted by Crippen LogP contribution is -2.33. The standard InChI is InChI=1S/C29H33N3O3/c1-5-31(6-2)19-13-14-22-26(17-19)35-28-23(15-16-25(24(28)18-30)32(7-3)8-4)27(22)20-11-9-10-12-21(20)29(33)34/h9-17H,5-8,18,30H2,1-4H3. The maximum Gasteiger partial charge on any atom is 0.208 e. The van der Waals surface area contributed by atoms with E-state index in [0.29, 0.717) is 23.5 Å². The van der Waals surface area contributed by atoms with Gasteiger partial charge in [-0.05, 0) is 51.5 Å². The second kappa shape index (κ2) is 10.3. The summed E-state index contributed by atoms with van der Waals surface area (Å²) in [6, 6.07) is 17.2. The number of carbonyl (C=O) groups is 1. The molecule has 2 aromatic rings. The van der Waals surface area contributed by atoms with Gasteiger partial charge in [0.1, 0.15) is 24.4 Å². The first-order valence-electron chi connectivity index (χ1n) is 12.3. The molecule has 6 heteroatoms. The van der Waals surface area contributed by atoms with Crippen LogP contribution in [0.1, 0.15) is 43.6 Å². The monoisotopic (exact) mass is 471 g/mol. The summed E-state index contributed by atoms with van der Waals surface area (Å²) in [6.45, 7) is 12.2. The number of nitrogens with zero attached hydrogens (tertiary/aromatic N) is 2. The van der Waals surface area contributed by atoms with Crippen LogP contribution in [-0.2, 0) is 6.54 Å². The van der Waals surface area contributed by atoms with Gasteiger partial charge in [0.25, 0.3) is 0 Å². The summed E-state index contributed by atoms with van der Waals surface area (Å²) in [7, 11) is 0. The zero-order valence-electron chi connectivity index (χ0n) is 20.9. The highest BCUT2D eigenvalue weighted by molar-refractivity contribution is 6.07. The largest absolute Gasteiger partial charge is 0.545 e. The molecule has 2 N–H and O–H groups in total. The quantitative estimate of drug-likeness (QED) is 0.313. The van der Waals surface area contributed by atoms with Gasteiger partial charge in [-0.2, -0.15) is 0 Å². The molecule has 0 bridgehead atoms. The minimum Gasteiger partial charge on any atom is -0.545 e. The molecule has 0 saturated carbocycles. The second-order valence-electron chi connectivity index (χ2n) is 8.48. The van der Waals surface area contributed by atoms with Crippen LogP contribution in [0.3, 0.4) is 0 Å². The Labute approximate surface area is 206 Å². The van der Waals surface area contributed by atoms with Gasteiger partial charge < -0.3 is 25.0 Å². The van der Waals surface area contributed by atoms with Crippen molar-refractivity contribution in [3.63, 3.8) is 0 Å². The molecule has 0 radical (unpaired) electrons. The summed E-state index contributed by atoms with van der Waals surface area (Å²) in [6.07, 6.45) is 0. The predicted molar refractivity (Wildman–Crippen MR) is 140 cm³/mol. The molecule has 0 unspecified atom stereocenters. The molecule has 0 saturated heterocycles. The van der Waals surface area contributed by atoms with Gasteiger partial charge in [0, 0.05) is 59.5 Å². The molecule has 2 aliphatic rings. The van der Waals surface area contributed by atoms with Crippen LogP contribution in [0.5, 0.6) is 0 Å². The summed E-state index contributed by atoms with van der Waals surface area (Å²) >= 11 is 0. The van der Waals surface area contributed by atoms with E-state index in [-0.39, 0.29) is 5.56 Å².